The molecule has 0 aromatic heterocycles. The van der Waals surface area contributed by atoms with Gasteiger partial charge in [0, 0.05) is 0 Å². The first-order chi connectivity index (χ1) is 8.04. The van der Waals surface area contributed by atoms with Gasteiger partial charge in [-0.3, -0.25) is 4.79 Å². The third kappa shape index (κ3) is 2.98. The number of carbonyl (C=O) groups is 1. The number of hydrogen-bond donors (Lipinski definition) is 3. The fraction of sp³-hybridized carbons (Fsp3) is 0.462. The van der Waals surface area contributed by atoms with Crippen LogP contribution in [-0.2, 0) is 0 Å². The van der Waals surface area contributed by atoms with Gasteiger partial charge in [-0.15, -0.1) is 0 Å². The van der Waals surface area contributed by atoms with Crippen LogP contribution >= 0.6 is 0 Å². The highest BCUT2D eigenvalue weighted by Gasteiger charge is 2.36. The number of aliphatic hydroxyl groups is 1. The molecular formula is C13H18FNO3. The van der Waals surface area contributed by atoms with Gasteiger partial charge < -0.3 is 15.5 Å². The van der Waals surface area contributed by atoms with Crippen LogP contribution in [0.4, 0.5) is 4.39 Å². The van der Waals surface area contributed by atoms with Gasteiger partial charge in [-0.1, -0.05) is 0 Å². The SMILES string of the molecule is CC(C)(O)C(C)(C)NC(=O)c1cc(F)ccc1O. The van der Waals surface area contributed by atoms with Crippen LogP contribution in [0.1, 0.15) is 38.1 Å². The van der Waals surface area contributed by atoms with Gasteiger partial charge in [0.25, 0.3) is 5.91 Å². The fourth-order valence-corrected chi connectivity index (χ4v) is 1.19. The highest BCUT2D eigenvalue weighted by atomic mass is 19.1. The van der Waals surface area contributed by atoms with E-state index in [4.69, 9.17) is 0 Å². The van der Waals surface area contributed by atoms with Gasteiger partial charge in [-0.25, -0.2) is 4.39 Å². The number of benzene rings is 1. The van der Waals surface area contributed by atoms with Crippen LogP contribution in [0.25, 0.3) is 0 Å². The van der Waals surface area contributed by atoms with Gasteiger partial charge in [-0.05, 0) is 45.9 Å². The molecule has 0 unspecified atom stereocenters. The van der Waals surface area contributed by atoms with E-state index in [1.807, 2.05) is 0 Å². The maximum absolute atomic E-state index is 13.0. The third-order valence-corrected chi connectivity index (χ3v) is 3.16. The second-order valence-corrected chi connectivity index (χ2v) is 5.30. The molecule has 0 bridgehead atoms. The van der Waals surface area contributed by atoms with E-state index in [2.05, 4.69) is 5.32 Å². The van der Waals surface area contributed by atoms with E-state index < -0.39 is 22.9 Å². The molecule has 0 saturated heterocycles. The molecule has 3 N–H and O–H groups in total. The minimum Gasteiger partial charge on any atom is -0.507 e. The molecule has 0 atom stereocenters. The van der Waals surface area contributed by atoms with E-state index in [9.17, 15) is 19.4 Å². The molecule has 1 aromatic carbocycles. The summed E-state index contributed by atoms with van der Waals surface area (Å²) < 4.78 is 13.0. The van der Waals surface area contributed by atoms with Crippen molar-refractivity contribution in [1.29, 1.82) is 0 Å². The van der Waals surface area contributed by atoms with E-state index in [0.717, 1.165) is 18.2 Å². The Morgan fingerprint density at radius 1 is 1.28 bits per heavy atom. The second-order valence-electron chi connectivity index (χ2n) is 5.30. The molecule has 0 radical (unpaired) electrons. The van der Waals surface area contributed by atoms with Crippen molar-refractivity contribution in [3.63, 3.8) is 0 Å². The molecule has 1 aromatic rings. The summed E-state index contributed by atoms with van der Waals surface area (Å²) in [6.07, 6.45) is 0. The fourth-order valence-electron chi connectivity index (χ4n) is 1.19. The van der Waals surface area contributed by atoms with E-state index >= 15 is 0 Å². The zero-order chi connectivity index (χ0) is 14.1. The average molecular weight is 255 g/mol. The predicted molar refractivity (Wildman–Crippen MR) is 65.9 cm³/mol. The second kappa shape index (κ2) is 4.57. The number of rotatable bonds is 3. The first kappa shape index (κ1) is 14.4. The molecule has 100 valence electrons. The molecule has 0 saturated carbocycles. The van der Waals surface area contributed by atoms with Crippen LogP contribution in [0.3, 0.4) is 0 Å². The smallest absolute Gasteiger partial charge is 0.255 e. The number of nitrogens with one attached hydrogen (secondary N) is 1. The molecule has 5 heteroatoms. The standard InChI is InChI=1S/C13H18FNO3/c1-12(2,13(3,4)18)15-11(17)9-7-8(14)5-6-10(9)16/h5-7,16,18H,1-4H3,(H,15,17). The topological polar surface area (TPSA) is 69.6 Å². The van der Waals surface area contributed by atoms with Gasteiger partial charge in [0.1, 0.15) is 11.6 Å². The number of amides is 1. The monoisotopic (exact) mass is 255 g/mol. The van der Waals surface area contributed by atoms with Gasteiger partial charge in [0.15, 0.2) is 0 Å². The first-order valence-corrected chi connectivity index (χ1v) is 5.58. The minimum atomic E-state index is -1.16. The van der Waals surface area contributed by atoms with Crippen molar-refractivity contribution in [3.05, 3.63) is 29.6 Å². The largest absolute Gasteiger partial charge is 0.507 e. The van der Waals surface area contributed by atoms with Crippen molar-refractivity contribution in [3.8, 4) is 5.75 Å². The van der Waals surface area contributed by atoms with Crippen molar-refractivity contribution in [2.24, 2.45) is 0 Å². The first-order valence-electron chi connectivity index (χ1n) is 5.58. The normalized spacial score (nSPS) is 12.3. The minimum absolute atomic E-state index is 0.160. The van der Waals surface area contributed by atoms with Crippen molar-refractivity contribution >= 4 is 5.91 Å². The van der Waals surface area contributed by atoms with Crippen LogP contribution in [0.2, 0.25) is 0 Å². The van der Waals surface area contributed by atoms with Gasteiger partial charge in [0.2, 0.25) is 0 Å². The van der Waals surface area contributed by atoms with Crippen LogP contribution in [0.15, 0.2) is 18.2 Å². The molecule has 0 heterocycles. The van der Waals surface area contributed by atoms with Crippen molar-refractivity contribution in [2.75, 3.05) is 0 Å². The van der Waals surface area contributed by atoms with Gasteiger partial charge >= 0.3 is 0 Å². The number of hydrogen-bond acceptors (Lipinski definition) is 3. The Hall–Kier alpha value is -1.62. The summed E-state index contributed by atoms with van der Waals surface area (Å²) in [5.74, 6) is -1.56. The lowest BCUT2D eigenvalue weighted by atomic mass is 9.85. The van der Waals surface area contributed by atoms with Crippen LogP contribution in [-0.4, -0.2) is 27.3 Å². The molecule has 0 aliphatic heterocycles. The summed E-state index contributed by atoms with van der Waals surface area (Å²) in [4.78, 5) is 11.9. The summed E-state index contributed by atoms with van der Waals surface area (Å²) in [5, 5.41) is 22.0. The maximum atomic E-state index is 13.0. The van der Waals surface area contributed by atoms with Crippen molar-refractivity contribution < 1.29 is 19.4 Å². The number of phenolic OH excluding ortho intramolecular Hbond substituents is 1. The lowest BCUT2D eigenvalue weighted by molar-refractivity contribution is -0.00298. The molecule has 1 rings (SSSR count). The summed E-state index contributed by atoms with van der Waals surface area (Å²) >= 11 is 0. The Kier molecular flexibility index (Phi) is 3.67. The molecule has 1 amide bonds. The molecule has 0 spiro atoms. The Labute approximate surface area is 105 Å². The van der Waals surface area contributed by atoms with Gasteiger partial charge in [0.05, 0.1) is 16.7 Å². The quantitative estimate of drug-likeness (QED) is 0.771. The summed E-state index contributed by atoms with van der Waals surface area (Å²) in [6.45, 7) is 6.39. The molecular weight excluding hydrogens is 237 g/mol. The Bertz CT molecular complexity index is 464. The number of aromatic hydroxyl groups is 1. The molecule has 18 heavy (non-hydrogen) atoms. The van der Waals surface area contributed by atoms with E-state index in [1.54, 1.807) is 27.7 Å². The van der Waals surface area contributed by atoms with Crippen molar-refractivity contribution in [2.45, 2.75) is 38.8 Å². The van der Waals surface area contributed by atoms with Crippen LogP contribution < -0.4 is 5.32 Å². The van der Waals surface area contributed by atoms with E-state index in [0.29, 0.717) is 0 Å². The Morgan fingerprint density at radius 2 is 1.83 bits per heavy atom. The Morgan fingerprint density at radius 3 is 2.33 bits per heavy atom. The van der Waals surface area contributed by atoms with Crippen molar-refractivity contribution in [1.82, 2.24) is 5.32 Å². The number of phenols is 1. The van der Waals surface area contributed by atoms with E-state index in [-0.39, 0.29) is 11.3 Å². The maximum Gasteiger partial charge on any atom is 0.255 e. The lowest BCUT2D eigenvalue weighted by Gasteiger charge is -2.38. The number of carbonyl (C=O) groups excluding carboxylic acids is 1. The molecule has 0 fully saturated rings. The van der Waals surface area contributed by atoms with Crippen LogP contribution in [0.5, 0.6) is 5.75 Å². The lowest BCUT2D eigenvalue weighted by Crippen LogP contribution is -2.57. The third-order valence-electron chi connectivity index (χ3n) is 3.16. The Balaban J connectivity index is 3.00. The predicted octanol–water partition coefficient (Wildman–Crippen LogP) is 1.81. The molecule has 4 nitrogen and oxygen atoms in total. The highest BCUT2D eigenvalue weighted by molar-refractivity contribution is 5.97. The zero-order valence-electron chi connectivity index (χ0n) is 10.9. The van der Waals surface area contributed by atoms with E-state index in [1.165, 1.54) is 0 Å². The molecule has 0 aliphatic carbocycles. The summed E-state index contributed by atoms with van der Waals surface area (Å²) in [5.41, 5.74) is -2.25. The average Bonchev–Trinajstić information content (AvgIpc) is 2.19. The summed E-state index contributed by atoms with van der Waals surface area (Å²) in [7, 11) is 0. The zero-order valence-corrected chi connectivity index (χ0v) is 10.9. The summed E-state index contributed by atoms with van der Waals surface area (Å²) in [6, 6.07) is 3.12. The van der Waals surface area contributed by atoms with Crippen LogP contribution in [0, 0.1) is 5.82 Å². The molecule has 0 aliphatic rings. The van der Waals surface area contributed by atoms with Gasteiger partial charge in [-0.2, -0.15) is 0 Å². The highest BCUT2D eigenvalue weighted by Crippen LogP contribution is 2.23. The number of halogens is 1.